The highest BCUT2D eigenvalue weighted by Crippen LogP contribution is 2.24. The van der Waals surface area contributed by atoms with Crippen molar-refractivity contribution in [1.29, 1.82) is 0 Å². The fraction of sp³-hybridized carbons (Fsp3) is 0.450. The monoisotopic (exact) mass is 568 g/mol. The lowest BCUT2D eigenvalue weighted by Crippen LogP contribution is -2.39. The summed E-state index contributed by atoms with van der Waals surface area (Å²) in [6, 6.07) is 3.18. The van der Waals surface area contributed by atoms with Gasteiger partial charge in [-0.25, -0.2) is 23.6 Å². The molecular formula is C20H27F2IN4O3S. The van der Waals surface area contributed by atoms with Gasteiger partial charge in [0.25, 0.3) is 0 Å². The molecule has 172 valence electrons. The van der Waals surface area contributed by atoms with E-state index in [0.717, 1.165) is 17.1 Å². The molecule has 0 bridgehead atoms. The van der Waals surface area contributed by atoms with E-state index in [9.17, 15) is 13.6 Å². The molecule has 2 N–H and O–H groups in total. The van der Waals surface area contributed by atoms with E-state index in [2.05, 4.69) is 20.6 Å². The average Bonchev–Trinajstić information content (AvgIpc) is 3.10. The fourth-order valence-electron chi connectivity index (χ4n) is 2.46. The molecule has 2 rings (SSSR count). The lowest BCUT2D eigenvalue weighted by molar-refractivity contribution is 0.0531. The van der Waals surface area contributed by atoms with Crippen LogP contribution in [0.2, 0.25) is 0 Å². The second-order valence-electron chi connectivity index (χ2n) is 6.24. The van der Waals surface area contributed by atoms with E-state index >= 15 is 0 Å². The molecule has 0 radical (unpaired) electrons. The Morgan fingerprint density at radius 3 is 2.68 bits per heavy atom. The number of aromatic nitrogens is 1. The number of aliphatic imine (C=N–C) groups is 1. The maximum Gasteiger partial charge on any atom is 0.350 e. The van der Waals surface area contributed by atoms with Crippen LogP contribution in [-0.2, 0) is 4.74 Å². The highest BCUT2D eigenvalue weighted by Gasteiger charge is 2.20. The molecule has 0 aliphatic rings. The van der Waals surface area contributed by atoms with Crippen molar-refractivity contribution in [2.24, 2.45) is 4.99 Å². The number of thiazole rings is 1. The molecule has 0 aliphatic heterocycles. The first-order valence-corrected chi connectivity index (χ1v) is 10.4. The van der Waals surface area contributed by atoms with Crippen molar-refractivity contribution < 1.29 is 23.0 Å². The minimum atomic E-state index is -0.958. The van der Waals surface area contributed by atoms with Crippen LogP contribution >= 0.6 is 35.3 Å². The van der Waals surface area contributed by atoms with E-state index in [-0.39, 0.29) is 48.3 Å². The fourth-order valence-corrected chi connectivity index (χ4v) is 3.43. The predicted octanol–water partition coefficient (Wildman–Crippen LogP) is 4.22. The topological polar surface area (TPSA) is 84.8 Å². The van der Waals surface area contributed by atoms with Gasteiger partial charge in [-0.2, -0.15) is 0 Å². The molecule has 11 heteroatoms. The second-order valence-corrected chi connectivity index (χ2v) is 7.27. The first kappa shape index (κ1) is 27.0. The molecule has 2 aromatic rings. The Hall–Kier alpha value is -2.02. The molecule has 1 aromatic heterocycles. The van der Waals surface area contributed by atoms with Gasteiger partial charge >= 0.3 is 5.97 Å². The first-order chi connectivity index (χ1) is 14.3. The first-order valence-electron chi connectivity index (χ1n) is 9.62. The van der Waals surface area contributed by atoms with Crippen molar-refractivity contribution in [2.45, 2.75) is 33.7 Å². The number of carbonyl (C=O) groups excluding carboxylic acids is 1. The summed E-state index contributed by atoms with van der Waals surface area (Å²) in [7, 11) is 0. The van der Waals surface area contributed by atoms with Gasteiger partial charge in [0.1, 0.15) is 22.2 Å². The lowest BCUT2D eigenvalue weighted by Gasteiger charge is -2.16. The van der Waals surface area contributed by atoms with Crippen LogP contribution in [0.4, 0.5) is 8.78 Å². The van der Waals surface area contributed by atoms with Gasteiger partial charge in [0.15, 0.2) is 17.6 Å². The van der Waals surface area contributed by atoms with Crippen LogP contribution in [0.25, 0.3) is 0 Å². The van der Waals surface area contributed by atoms with Gasteiger partial charge in [-0.05, 0) is 39.8 Å². The molecule has 0 saturated carbocycles. The third-order valence-corrected chi connectivity index (χ3v) is 5.18. The third kappa shape index (κ3) is 8.20. The number of nitrogens with zero attached hydrogens (tertiary/aromatic N) is 2. The molecular weight excluding hydrogens is 541 g/mol. The van der Waals surface area contributed by atoms with E-state index in [1.807, 2.05) is 13.8 Å². The van der Waals surface area contributed by atoms with Crippen LogP contribution in [0.15, 0.2) is 23.2 Å². The summed E-state index contributed by atoms with van der Waals surface area (Å²) in [5.41, 5.74) is 0.629. The number of esters is 1. The molecule has 31 heavy (non-hydrogen) atoms. The van der Waals surface area contributed by atoms with Crippen molar-refractivity contribution >= 4 is 47.2 Å². The number of carbonyl (C=O) groups is 1. The normalized spacial score (nSPS) is 12.0. The van der Waals surface area contributed by atoms with Crippen molar-refractivity contribution in [3.05, 3.63) is 45.4 Å². The van der Waals surface area contributed by atoms with E-state index in [1.54, 1.807) is 13.8 Å². The van der Waals surface area contributed by atoms with E-state index in [4.69, 9.17) is 9.47 Å². The molecule has 0 fully saturated rings. The van der Waals surface area contributed by atoms with Crippen LogP contribution in [-0.4, -0.2) is 43.2 Å². The van der Waals surface area contributed by atoms with Crippen molar-refractivity contribution in [1.82, 2.24) is 15.6 Å². The number of rotatable bonds is 9. The summed E-state index contributed by atoms with van der Waals surface area (Å²) in [5.74, 6) is -1.47. The summed E-state index contributed by atoms with van der Waals surface area (Å²) in [6.07, 6.45) is 0. The number of nitrogens with one attached hydrogen (secondary N) is 2. The Kier molecular flexibility index (Phi) is 11.7. The van der Waals surface area contributed by atoms with E-state index < -0.39 is 11.6 Å². The van der Waals surface area contributed by atoms with Gasteiger partial charge < -0.3 is 20.1 Å². The maximum atomic E-state index is 13.2. The van der Waals surface area contributed by atoms with E-state index in [0.29, 0.717) is 36.2 Å². The lowest BCUT2D eigenvalue weighted by atomic mass is 10.3. The van der Waals surface area contributed by atoms with Crippen LogP contribution in [0.5, 0.6) is 5.75 Å². The van der Waals surface area contributed by atoms with Gasteiger partial charge in [0, 0.05) is 12.6 Å². The maximum absolute atomic E-state index is 13.2. The van der Waals surface area contributed by atoms with Crippen LogP contribution < -0.4 is 15.4 Å². The number of hydrogen-bond acceptors (Lipinski definition) is 6. The zero-order valence-corrected chi connectivity index (χ0v) is 21.0. The summed E-state index contributed by atoms with van der Waals surface area (Å²) in [6.45, 7) is 8.83. The highest BCUT2D eigenvalue weighted by molar-refractivity contribution is 14.0. The number of halogens is 3. The summed E-state index contributed by atoms with van der Waals surface area (Å²) in [5, 5.41) is 7.09. The molecule has 1 aromatic carbocycles. The Morgan fingerprint density at radius 2 is 2.03 bits per heavy atom. The standard InChI is InChI=1S/C20H26F2N4O3S.HI/c1-5-23-20(24-9-10-29-14-7-8-15(21)16(22)11-14)26-13(4)18-25-12(3)17(30-18)19(27)28-6-2;/h7-8,11,13H,5-6,9-10H2,1-4H3,(H2,23,24,26);1H. The molecule has 7 nitrogen and oxygen atoms in total. The largest absolute Gasteiger partial charge is 0.492 e. The molecule has 0 amide bonds. The van der Waals surface area contributed by atoms with Crippen molar-refractivity contribution in [3.8, 4) is 5.75 Å². The van der Waals surface area contributed by atoms with Crippen LogP contribution in [0, 0.1) is 18.6 Å². The van der Waals surface area contributed by atoms with Crippen LogP contribution in [0.1, 0.15) is 47.2 Å². The Labute approximate surface area is 201 Å². The number of hydrogen-bond donors (Lipinski definition) is 2. The van der Waals surface area contributed by atoms with Gasteiger partial charge in [-0.15, -0.1) is 35.3 Å². The third-order valence-electron chi connectivity index (χ3n) is 3.86. The smallest absolute Gasteiger partial charge is 0.350 e. The SMILES string of the molecule is CCNC(=NCCOc1ccc(F)c(F)c1)NC(C)c1nc(C)c(C(=O)OCC)s1.I. The minimum absolute atomic E-state index is 0. The molecule has 1 unspecified atom stereocenters. The number of ether oxygens (including phenoxy) is 2. The number of aryl methyl sites for hydroxylation is 1. The summed E-state index contributed by atoms with van der Waals surface area (Å²) in [4.78, 5) is 21.4. The molecule has 1 heterocycles. The minimum Gasteiger partial charge on any atom is -0.492 e. The predicted molar refractivity (Wildman–Crippen MR) is 128 cm³/mol. The quantitative estimate of drug-likeness (QED) is 0.155. The molecule has 0 aliphatic carbocycles. The molecule has 0 spiro atoms. The van der Waals surface area contributed by atoms with Gasteiger partial charge in [0.05, 0.1) is 24.9 Å². The number of guanidine groups is 1. The summed E-state index contributed by atoms with van der Waals surface area (Å²) < 4.78 is 36.6. The van der Waals surface area contributed by atoms with Gasteiger partial charge in [-0.3, -0.25) is 0 Å². The second kappa shape index (κ2) is 13.4. The van der Waals surface area contributed by atoms with E-state index in [1.165, 1.54) is 17.4 Å². The molecule has 0 saturated heterocycles. The highest BCUT2D eigenvalue weighted by atomic mass is 127. The number of benzene rings is 1. The van der Waals surface area contributed by atoms with Crippen molar-refractivity contribution in [2.75, 3.05) is 26.3 Å². The van der Waals surface area contributed by atoms with Gasteiger partial charge in [0.2, 0.25) is 0 Å². The molecule has 1 atom stereocenters. The average molecular weight is 568 g/mol. The van der Waals surface area contributed by atoms with Gasteiger partial charge in [-0.1, -0.05) is 0 Å². The Bertz CT molecular complexity index is 895. The van der Waals surface area contributed by atoms with Crippen molar-refractivity contribution in [3.63, 3.8) is 0 Å². The zero-order valence-electron chi connectivity index (χ0n) is 17.8. The Balaban J connectivity index is 0.00000480. The van der Waals surface area contributed by atoms with Crippen LogP contribution in [0.3, 0.4) is 0 Å². The Morgan fingerprint density at radius 1 is 1.29 bits per heavy atom. The zero-order chi connectivity index (χ0) is 22.1. The summed E-state index contributed by atoms with van der Waals surface area (Å²) >= 11 is 1.28.